The Morgan fingerprint density at radius 2 is 1.92 bits per heavy atom. The van der Waals surface area contributed by atoms with Crippen LogP contribution >= 0.6 is 0 Å². The summed E-state index contributed by atoms with van der Waals surface area (Å²) in [7, 11) is 0. The number of carboxylic acids is 1. The largest absolute Gasteiger partial charge is 0.542 e. The van der Waals surface area contributed by atoms with Gasteiger partial charge < -0.3 is 9.90 Å². The molecule has 0 spiro atoms. The van der Waals surface area contributed by atoms with Gasteiger partial charge in [-0.3, -0.25) is 0 Å². The minimum atomic E-state index is -1.79. The Bertz CT molecular complexity index is 304. The number of carbonyl (C=O) groups is 1. The molecule has 1 aromatic rings. The molecule has 0 aliphatic rings. The third-order valence-electron chi connectivity index (χ3n) is 1.29. The van der Waals surface area contributed by atoms with E-state index in [2.05, 4.69) is 0 Å². The molecule has 0 N–H and O–H groups in total. The maximum Gasteiger partial charge on any atom is 0.146 e. The average Bonchev–Trinajstić information content (AvgIpc) is 2.06. The van der Waals surface area contributed by atoms with Crippen molar-refractivity contribution in [2.75, 3.05) is 0 Å². The fourth-order valence-corrected chi connectivity index (χ4v) is 0.755. The van der Waals surface area contributed by atoms with Gasteiger partial charge in [-0.25, -0.2) is 4.39 Å². The number of carboxylic acid groups (broad SMARTS) is 1. The third-order valence-corrected chi connectivity index (χ3v) is 1.29. The van der Waals surface area contributed by atoms with Gasteiger partial charge in [0.05, 0.1) is 0 Å². The topological polar surface area (TPSA) is 40.1 Å². The summed E-state index contributed by atoms with van der Waals surface area (Å²) < 4.78 is 12.4. The van der Waals surface area contributed by atoms with E-state index in [1.165, 1.54) is 0 Å². The van der Waals surface area contributed by atoms with Crippen molar-refractivity contribution in [2.45, 2.75) is 0 Å². The first-order valence-corrected chi connectivity index (χ1v) is 3.34. The molecule has 0 aliphatic carbocycles. The first-order valence-electron chi connectivity index (χ1n) is 3.34. The van der Waals surface area contributed by atoms with E-state index in [0.29, 0.717) is 5.56 Å². The lowest BCUT2D eigenvalue weighted by atomic mass is 10.2. The van der Waals surface area contributed by atoms with E-state index in [9.17, 15) is 14.3 Å². The summed E-state index contributed by atoms with van der Waals surface area (Å²) in [6.07, 6.45) is 0.912. The van der Waals surface area contributed by atoms with Crippen molar-refractivity contribution in [1.29, 1.82) is 0 Å². The van der Waals surface area contributed by atoms with E-state index in [1.54, 1.807) is 30.3 Å². The van der Waals surface area contributed by atoms with Crippen LogP contribution in [-0.4, -0.2) is 5.97 Å². The van der Waals surface area contributed by atoms with Gasteiger partial charge in [-0.05, 0) is 11.6 Å². The number of carbonyl (C=O) groups excluding carboxylic acids is 1. The number of halogens is 1. The molecule has 1 rings (SSSR count). The Balaban J connectivity index is 2.89. The van der Waals surface area contributed by atoms with E-state index in [1.807, 2.05) is 0 Å². The molecule has 0 saturated carbocycles. The van der Waals surface area contributed by atoms with Gasteiger partial charge in [0.1, 0.15) is 11.8 Å². The van der Waals surface area contributed by atoms with E-state index < -0.39 is 11.8 Å². The zero-order valence-corrected chi connectivity index (χ0v) is 6.16. The molecule has 0 heterocycles. The van der Waals surface area contributed by atoms with E-state index in [4.69, 9.17) is 0 Å². The van der Waals surface area contributed by atoms with Crippen molar-refractivity contribution in [1.82, 2.24) is 0 Å². The summed E-state index contributed by atoms with van der Waals surface area (Å²) in [6.45, 7) is 0. The van der Waals surface area contributed by atoms with Crippen LogP contribution in [0.1, 0.15) is 5.56 Å². The fourth-order valence-electron chi connectivity index (χ4n) is 0.755. The summed E-state index contributed by atoms with van der Waals surface area (Å²) in [5.41, 5.74) is 0.499. The molecule has 0 aliphatic heterocycles. The van der Waals surface area contributed by atoms with Gasteiger partial charge in [0, 0.05) is 0 Å². The lowest BCUT2D eigenvalue weighted by molar-refractivity contribution is -0.301. The van der Waals surface area contributed by atoms with Crippen molar-refractivity contribution in [3.63, 3.8) is 0 Å². The van der Waals surface area contributed by atoms with Crippen LogP contribution in [0.4, 0.5) is 4.39 Å². The number of aliphatic carboxylic acids is 1. The number of hydrogen-bond acceptors (Lipinski definition) is 2. The van der Waals surface area contributed by atoms with Gasteiger partial charge in [0.2, 0.25) is 0 Å². The highest BCUT2D eigenvalue weighted by Crippen LogP contribution is 2.06. The Labute approximate surface area is 69.0 Å². The van der Waals surface area contributed by atoms with Crippen LogP contribution < -0.4 is 5.11 Å². The van der Waals surface area contributed by atoms with Crippen molar-refractivity contribution >= 4 is 12.0 Å². The van der Waals surface area contributed by atoms with Gasteiger partial charge in [-0.2, -0.15) is 0 Å². The maximum atomic E-state index is 12.4. The molecule has 0 amide bonds. The van der Waals surface area contributed by atoms with Crippen molar-refractivity contribution in [3.05, 3.63) is 41.7 Å². The second-order valence-corrected chi connectivity index (χ2v) is 2.19. The predicted octanol–water partition coefficient (Wildman–Crippen LogP) is 0.747. The predicted molar refractivity (Wildman–Crippen MR) is 40.5 cm³/mol. The van der Waals surface area contributed by atoms with Gasteiger partial charge >= 0.3 is 0 Å². The first-order chi connectivity index (χ1) is 5.70. The van der Waals surface area contributed by atoms with Crippen molar-refractivity contribution in [2.24, 2.45) is 0 Å². The van der Waals surface area contributed by atoms with Crippen LogP contribution in [0.2, 0.25) is 0 Å². The molecule has 1 aromatic carbocycles. The summed E-state index contributed by atoms with van der Waals surface area (Å²) in [5, 5.41) is 9.95. The molecule has 0 atom stereocenters. The van der Waals surface area contributed by atoms with E-state index in [0.717, 1.165) is 6.08 Å². The molecule has 2 nitrogen and oxygen atoms in total. The number of hydrogen-bond donors (Lipinski definition) is 0. The quantitative estimate of drug-likeness (QED) is 0.606. The third kappa shape index (κ3) is 2.20. The van der Waals surface area contributed by atoms with Gasteiger partial charge in [0.15, 0.2) is 0 Å². The Kier molecular flexibility index (Phi) is 2.58. The molecular formula is C9H6FO2-. The van der Waals surface area contributed by atoms with Crippen LogP contribution in [0, 0.1) is 0 Å². The molecular weight excluding hydrogens is 159 g/mol. The molecule has 12 heavy (non-hydrogen) atoms. The number of benzene rings is 1. The average molecular weight is 165 g/mol. The van der Waals surface area contributed by atoms with Gasteiger partial charge in [-0.1, -0.05) is 30.3 Å². The van der Waals surface area contributed by atoms with Crippen LogP contribution in [0.3, 0.4) is 0 Å². The van der Waals surface area contributed by atoms with Crippen molar-refractivity contribution < 1.29 is 14.3 Å². The normalized spacial score (nSPS) is 11.2. The summed E-state index contributed by atoms with van der Waals surface area (Å²) in [6, 6.07) is 8.34. The van der Waals surface area contributed by atoms with Crippen LogP contribution in [0.5, 0.6) is 0 Å². The SMILES string of the molecule is O=C([O-])/C(F)=C\c1ccccc1. The lowest BCUT2D eigenvalue weighted by Gasteiger charge is -1.96. The minimum Gasteiger partial charge on any atom is -0.542 e. The fraction of sp³-hybridized carbons (Fsp3) is 0. The molecule has 0 aromatic heterocycles. The lowest BCUT2D eigenvalue weighted by Crippen LogP contribution is -2.22. The highest BCUT2D eigenvalue weighted by atomic mass is 19.1. The van der Waals surface area contributed by atoms with Crippen LogP contribution in [0.25, 0.3) is 6.08 Å². The van der Waals surface area contributed by atoms with E-state index >= 15 is 0 Å². The number of rotatable bonds is 2. The molecule has 0 saturated heterocycles. The summed E-state index contributed by atoms with van der Waals surface area (Å²) in [4.78, 5) is 9.95. The molecule has 3 heteroatoms. The van der Waals surface area contributed by atoms with Crippen LogP contribution in [-0.2, 0) is 4.79 Å². The molecule has 0 bridgehead atoms. The van der Waals surface area contributed by atoms with Crippen LogP contribution in [0.15, 0.2) is 36.2 Å². The zero-order chi connectivity index (χ0) is 8.97. The maximum absolute atomic E-state index is 12.4. The summed E-state index contributed by atoms with van der Waals surface area (Å²) in [5.74, 6) is -3.06. The van der Waals surface area contributed by atoms with Crippen molar-refractivity contribution in [3.8, 4) is 0 Å². The second-order valence-electron chi connectivity index (χ2n) is 2.19. The Hall–Kier alpha value is -1.64. The molecule has 0 radical (unpaired) electrons. The first kappa shape index (κ1) is 8.46. The van der Waals surface area contributed by atoms with Gasteiger partial charge in [-0.15, -0.1) is 0 Å². The smallest absolute Gasteiger partial charge is 0.146 e. The Morgan fingerprint density at radius 1 is 1.33 bits per heavy atom. The molecule has 0 fully saturated rings. The van der Waals surface area contributed by atoms with E-state index in [-0.39, 0.29) is 0 Å². The summed E-state index contributed by atoms with van der Waals surface area (Å²) >= 11 is 0. The highest BCUT2D eigenvalue weighted by molar-refractivity contribution is 5.87. The molecule has 62 valence electrons. The zero-order valence-electron chi connectivity index (χ0n) is 6.16. The minimum absolute atomic E-state index is 0.499. The van der Waals surface area contributed by atoms with Gasteiger partial charge in [0.25, 0.3) is 0 Å². The monoisotopic (exact) mass is 165 g/mol. The Morgan fingerprint density at radius 3 is 2.42 bits per heavy atom. The second kappa shape index (κ2) is 3.67. The standard InChI is InChI=1S/C9H7FO2/c10-8(9(11)12)6-7-4-2-1-3-5-7/h1-6H,(H,11,12)/p-1/b8-6+. The highest BCUT2D eigenvalue weighted by Gasteiger charge is 1.94. The molecule has 0 unspecified atom stereocenters.